The van der Waals surface area contributed by atoms with Gasteiger partial charge < -0.3 is 15.0 Å². The Bertz CT molecular complexity index is 873. The van der Waals surface area contributed by atoms with Crippen LogP contribution in [0.5, 0.6) is 5.75 Å². The number of nitrogens with zero attached hydrogens (tertiary/aromatic N) is 1. The summed E-state index contributed by atoms with van der Waals surface area (Å²) in [6.45, 7) is 7.62. The molecule has 0 bridgehead atoms. The van der Waals surface area contributed by atoms with Gasteiger partial charge in [0.1, 0.15) is 11.8 Å². The number of hydrogen-bond donors (Lipinski definition) is 1. The molecule has 0 heterocycles. The molecule has 0 saturated heterocycles. The number of carbonyl (C=O) groups is 2. The van der Waals surface area contributed by atoms with Gasteiger partial charge in [-0.25, -0.2) is 0 Å². The van der Waals surface area contributed by atoms with Gasteiger partial charge in [0, 0.05) is 17.6 Å². The predicted octanol–water partition coefficient (Wildman–Crippen LogP) is 4.73. The number of aryl methyl sites for hydroxylation is 1. The number of carbonyl (C=O) groups excluding carboxylic acids is 2. The van der Waals surface area contributed by atoms with E-state index in [4.69, 9.17) is 16.3 Å². The van der Waals surface area contributed by atoms with E-state index in [1.165, 1.54) is 0 Å². The minimum absolute atomic E-state index is 0.0124. The Morgan fingerprint density at radius 3 is 2.48 bits per heavy atom. The summed E-state index contributed by atoms with van der Waals surface area (Å²) in [7, 11) is 0. The number of ether oxygens (including phenoxy) is 1. The van der Waals surface area contributed by atoms with Crippen molar-refractivity contribution in [1.82, 2.24) is 10.2 Å². The van der Waals surface area contributed by atoms with Crippen molar-refractivity contribution in [1.29, 1.82) is 0 Å². The minimum Gasteiger partial charge on any atom is -0.483 e. The summed E-state index contributed by atoms with van der Waals surface area (Å²) in [5.41, 5.74) is 2.04. The number of hydrogen-bond acceptors (Lipinski definition) is 3. The van der Waals surface area contributed by atoms with Crippen LogP contribution in [0.3, 0.4) is 0 Å². The first-order chi connectivity index (χ1) is 13.7. The van der Waals surface area contributed by atoms with Crippen LogP contribution in [0.4, 0.5) is 0 Å². The lowest BCUT2D eigenvalue weighted by atomic mass is 10.1. The topological polar surface area (TPSA) is 58.6 Å². The summed E-state index contributed by atoms with van der Waals surface area (Å²) >= 11 is 9.33. The Labute approximate surface area is 185 Å². The van der Waals surface area contributed by atoms with E-state index >= 15 is 0 Å². The third-order valence-corrected chi connectivity index (χ3v) is 5.30. The summed E-state index contributed by atoms with van der Waals surface area (Å²) < 4.78 is 6.35. The second kappa shape index (κ2) is 10.6. The summed E-state index contributed by atoms with van der Waals surface area (Å²) in [6.07, 6.45) is 0. The van der Waals surface area contributed by atoms with Crippen LogP contribution in [0.15, 0.2) is 46.9 Å². The molecule has 5 nitrogen and oxygen atoms in total. The van der Waals surface area contributed by atoms with E-state index in [1.54, 1.807) is 30.0 Å². The van der Waals surface area contributed by atoms with Crippen molar-refractivity contribution in [3.63, 3.8) is 0 Å². The van der Waals surface area contributed by atoms with E-state index in [0.29, 0.717) is 21.8 Å². The lowest BCUT2D eigenvalue weighted by molar-refractivity contribution is -0.142. The standard InChI is InChI=1S/C22H26BrClN2O3/c1-14(2)25-22(28)16(4)26(12-17-8-6-5-7-15(17)3)21(27)13-29-20-10-9-18(24)11-19(20)23/h5-11,14,16H,12-13H2,1-4H3,(H,25,28). The normalized spacial score (nSPS) is 11.8. The van der Waals surface area contributed by atoms with Gasteiger partial charge in [0.25, 0.3) is 5.91 Å². The van der Waals surface area contributed by atoms with Crippen molar-refractivity contribution in [2.24, 2.45) is 0 Å². The molecule has 2 rings (SSSR count). The number of nitrogens with one attached hydrogen (secondary N) is 1. The third kappa shape index (κ3) is 6.75. The molecule has 0 radical (unpaired) electrons. The van der Waals surface area contributed by atoms with Crippen LogP contribution in [0.2, 0.25) is 5.02 Å². The number of amides is 2. The van der Waals surface area contributed by atoms with Gasteiger partial charge >= 0.3 is 0 Å². The fourth-order valence-corrected chi connectivity index (χ4v) is 3.57. The average molecular weight is 482 g/mol. The molecule has 2 aromatic carbocycles. The molecule has 0 aliphatic carbocycles. The van der Waals surface area contributed by atoms with Gasteiger partial charge in [-0.2, -0.15) is 0 Å². The first-order valence-electron chi connectivity index (χ1n) is 9.41. The van der Waals surface area contributed by atoms with E-state index in [2.05, 4.69) is 21.2 Å². The lowest BCUT2D eigenvalue weighted by Crippen LogP contribution is -2.50. The molecule has 29 heavy (non-hydrogen) atoms. The Morgan fingerprint density at radius 1 is 1.17 bits per heavy atom. The molecule has 1 N–H and O–H groups in total. The molecule has 2 aromatic rings. The highest BCUT2D eigenvalue weighted by molar-refractivity contribution is 9.10. The highest BCUT2D eigenvalue weighted by Gasteiger charge is 2.27. The zero-order valence-corrected chi connectivity index (χ0v) is 19.4. The van der Waals surface area contributed by atoms with Gasteiger partial charge in [-0.15, -0.1) is 0 Å². The van der Waals surface area contributed by atoms with Crippen LogP contribution in [0.25, 0.3) is 0 Å². The summed E-state index contributed by atoms with van der Waals surface area (Å²) in [6, 6.07) is 12.2. The van der Waals surface area contributed by atoms with E-state index in [1.807, 2.05) is 45.0 Å². The maximum absolute atomic E-state index is 13.0. The monoisotopic (exact) mass is 480 g/mol. The predicted molar refractivity (Wildman–Crippen MR) is 119 cm³/mol. The lowest BCUT2D eigenvalue weighted by Gasteiger charge is -2.29. The molecule has 0 aliphatic rings. The van der Waals surface area contributed by atoms with E-state index in [9.17, 15) is 9.59 Å². The molecule has 156 valence electrons. The quantitative estimate of drug-likeness (QED) is 0.593. The second-order valence-corrected chi connectivity index (χ2v) is 8.44. The molecule has 7 heteroatoms. The Kier molecular flexibility index (Phi) is 8.53. The fraction of sp³-hybridized carbons (Fsp3) is 0.364. The highest BCUT2D eigenvalue weighted by atomic mass is 79.9. The SMILES string of the molecule is Cc1ccccc1CN(C(=O)COc1ccc(Cl)cc1Br)C(C)C(=O)NC(C)C. The summed E-state index contributed by atoms with van der Waals surface area (Å²) in [5, 5.41) is 3.44. The van der Waals surface area contributed by atoms with Crippen LogP contribution < -0.4 is 10.1 Å². The van der Waals surface area contributed by atoms with Crippen molar-refractivity contribution in [3.8, 4) is 5.75 Å². The van der Waals surface area contributed by atoms with Crippen molar-refractivity contribution in [2.45, 2.75) is 46.3 Å². The van der Waals surface area contributed by atoms with Crippen molar-refractivity contribution in [2.75, 3.05) is 6.61 Å². The van der Waals surface area contributed by atoms with Crippen LogP contribution in [0.1, 0.15) is 31.9 Å². The van der Waals surface area contributed by atoms with Gasteiger partial charge in [0.2, 0.25) is 5.91 Å². The Morgan fingerprint density at radius 2 is 1.86 bits per heavy atom. The van der Waals surface area contributed by atoms with Crippen LogP contribution in [-0.2, 0) is 16.1 Å². The molecule has 0 spiro atoms. The maximum Gasteiger partial charge on any atom is 0.261 e. The van der Waals surface area contributed by atoms with Gasteiger partial charge in [-0.3, -0.25) is 9.59 Å². The molecule has 0 fully saturated rings. The van der Waals surface area contributed by atoms with Crippen molar-refractivity contribution in [3.05, 3.63) is 63.1 Å². The van der Waals surface area contributed by atoms with Gasteiger partial charge in [0.15, 0.2) is 6.61 Å². The molecule has 0 aliphatic heterocycles. The molecular formula is C22H26BrClN2O3. The van der Waals surface area contributed by atoms with Gasteiger partial charge in [-0.05, 0) is 73.0 Å². The van der Waals surface area contributed by atoms with E-state index in [0.717, 1.165) is 11.1 Å². The zero-order chi connectivity index (χ0) is 21.6. The zero-order valence-electron chi connectivity index (χ0n) is 17.0. The first kappa shape index (κ1) is 23.2. The number of halogens is 2. The minimum atomic E-state index is -0.637. The number of rotatable bonds is 8. The van der Waals surface area contributed by atoms with Crippen LogP contribution >= 0.6 is 27.5 Å². The Hall–Kier alpha value is -2.05. The molecule has 0 saturated carbocycles. The molecule has 1 atom stereocenters. The van der Waals surface area contributed by atoms with Crippen molar-refractivity contribution < 1.29 is 14.3 Å². The van der Waals surface area contributed by atoms with Gasteiger partial charge in [0.05, 0.1) is 4.47 Å². The largest absolute Gasteiger partial charge is 0.483 e. The average Bonchev–Trinajstić information content (AvgIpc) is 2.65. The van der Waals surface area contributed by atoms with Crippen LogP contribution in [0, 0.1) is 6.92 Å². The molecule has 1 unspecified atom stereocenters. The van der Waals surface area contributed by atoms with Crippen molar-refractivity contribution >= 4 is 39.3 Å². The maximum atomic E-state index is 13.0. The van der Waals surface area contributed by atoms with E-state index < -0.39 is 6.04 Å². The number of benzene rings is 2. The van der Waals surface area contributed by atoms with Gasteiger partial charge in [-0.1, -0.05) is 35.9 Å². The Balaban J connectivity index is 2.19. The van der Waals surface area contributed by atoms with E-state index in [-0.39, 0.29) is 24.5 Å². The molecular weight excluding hydrogens is 456 g/mol. The van der Waals surface area contributed by atoms with Crippen LogP contribution in [-0.4, -0.2) is 35.4 Å². The first-order valence-corrected chi connectivity index (χ1v) is 10.6. The fourth-order valence-electron chi connectivity index (χ4n) is 2.77. The summed E-state index contributed by atoms with van der Waals surface area (Å²) in [4.78, 5) is 27.1. The highest BCUT2D eigenvalue weighted by Crippen LogP contribution is 2.28. The smallest absolute Gasteiger partial charge is 0.261 e. The third-order valence-electron chi connectivity index (χ3n) is 4.45. The molecule has 0 aromatic heterocycles. The summed E-state index contributed by atoms with van der Waals surface area (Å²) in [5.74, 6) is 0.0361. The second-order valence-electron chi connectivity index (χ2n) is 7.15. The molecule has 2 amide bonds.